The Kier molecular flexibility index (Phi) is 6.42. The van der Waals surface area contributed by atoms with Crippen molar-refractivity contribution in [3.63, 3.8) is 0 Å². The van der Waals surface area contributed by atoms with Crippen molar-refractivity contribution in [1.29, 1.82) is 0 Å². The lowest BCUT2D eigenvalue weighted by atomic mass is 10.1. The van der Waals surface area contributed by atoms with Crippen molar-refractivity contribution in [3.05, 3.63) is 30.1 Å². The fourth-order valence-corrected chi connectivity index (χ4v) is 4.66. The smallest absolute Gasteiger partial charge is 0.229 e. The Morgan fingerprint density at radius 2 is 1.88 bits per heavy atom. The van der Waals surface area contributed by atoms with Crippen molar-refractivity contribution in [3.8, 4) is 11.5 Å². The molecule has 0 bridgehead atoms. The fraction of sp³-hybridized carbons (Fsp3) is 0.542. The number of imidazole rings is 1. The molecule has 2 aliphatic rings. The fourth-order valence-electron chi connectivity index (χ4n) is 4.66. The standard InChI is InChI=1S/C24H32N6O4/c1-5-29-15-25-21-22(28(2)13-16-6-7-18-19(12-16)34-11-10-33-18)26-24(27-23(21)29)30-9-8-17(31-3)20(14-30)32-4/h6-7,12,15,17,20H,5,8-11,13-14H2,1-4H3/t17-,20+/m1/s1. The lowest BCUT2D eigenvalue weighted by Crippen LogP contribution is -2.49. The number of rotatable bonds is 7. The van der Waals surface area contributed by atoms with Gasteiger partial charge in [0.25, 0.3) is 0 Å². The molecule has 2 aromatic heterocycles. The van der Waals surface area contributed by atoms with Crippen molar-refractivity contribution >= 4 is 22.9 Å². The molecule has 10 nitrogen and oxygen atoms in total. The summed E-state index contributed by atoms with van der Waals surface area (Å²) in [6.07, 6.45) is 2.72. The van der Waals surface area contributed by atoms with Crippen molar-refractivity contribution in [2.24, 2.45) is 0 Å². The van der Waals surface area contributed by atoms with Crippen LogP contribution in [-0.2, 0) is 22.6 Å². The van der Waals surface area contributed by atoms with E-state index in [9.17, 15) is 0 Å². The SMILES string of the molecule is CCn1cnc2c(N(C)Cc3ccc4c(c3)OCCO4)nc(N3CC[C@@H](OC)[C@@H](OC)C3)nc21. The van der Waals surface area contributed by atoms with Crippen LogP contribution in [0.25, 0.3) is 11.2 Å². The van der Waals surface area contributed by atoms with Gasteiger partial charge in [0.2, 0.25) is 5.95 Å². The Labute approximate surface area is 199 Å². The quantitative estimate of drug-likeness (QED) is 0.519. The number of piperidine rings is 1. The molecule has 0 unspecified atom stereocenters. The van der Waals surface area contributed by atoms with Crippen LogP contribution >= 0.6 is 0 Å². The molecule has 0 saturated carbocycles. The first-order valence-electron chi connectivity index (χ1n) is 11.7. The third-order valence-corrected chi connectivity index (χ3v) is 6.55. The number of ether oxygens (including phenoxy) is 4. The van der Waals surface area contributed by atoms with Crippen LogP contribution in [-0.4, -0.2) is 79.3 Å². The second-order valence-corrected chi connectivity index (χ2v) is 8.67. The first kappa shape index (κ1) is 22.7. The summed E-state index contributed by atoms with van der Waals surface area (Å²) in [6.45, 7) is 6.14. The number of aromatic nitrogens is 4. The molecule has 0 radical (unpaired) electrons. The van der Waals surface area contributed by atoms with Crippen molar-refractivity contribution in [2.45, 2.75) is 38.6 Å². The van der Waals surface area contributed by atoms with E-state index in [0.717, 1.165) is 53.6 Å². The van der Waals surface area contributed by atoms with Gasteiger partial charge in [-0.3, -0.25) is 0 Å². The molecule has 5 rings (SSSR count). The highest BCUT2D eigenvalue weighted by Crippen LogP contribution is 2.32. The van der Waals surface area contributed by atoms with Crippen molar-refractivity contribution < 1.29 is 18.9 Å². The van der Waals surface area contributed by atoms with Crippen LogP contribution in [0.5, 0.6) is 11.5 Å². The van der Waals surface area contributed by atoms with Gasteiger partial charge in [0.1, 0.15) is 19.3 Å². The largest absolute Gasteiger partial charge is 0.486 e. The maximum absolute atomic E-state index is 5.76. The van der Waals surface area contributed by atoms with Crippen LogP contribution in [0.2, 0.25) is 0 Å². The van der Waals surface area contributed by atoms with E-state index in [1.165, 1.54) is 0 Å². The average molecular weight is 469 g/mol. The van der Waals surface area contributed by atoms with Gasteiger partial charge in [-0.1, -0.05) is 6.07 Å². The van der Waals surface area contributed by atoms with Gasteiger partial charge in [0.15, 0.2) is 28.5 Å². The summed E-state index contributed by atoms with van der Waals surface area (Å²) in [5.41, 5.74) is 2.73. The monoisotopic (exact) mass is 468 g/mol. The van der Waals surface area contributed by atoms with Gasteiger partial charge in [-0.2, -0.15) is 9.97 Å². The molecule has 1 aromatic carbocycles. The molecule has 0 N–H and O–H groups in total. The maximum atomic E-state index is 5.76. The zero-order valence-corrected chi connectivity index (χ0v) is 20.2. The second-order valence-electron chi connectivity index (χ2n) is 8.67. The van der Waals surface area contributed by atoms with E-state index in [1.807, 2.05) is 25.5 Å². The minimum absolute atomic E-state index is 0.0342. The number of hydrogen-bond donors (Lipinski definition) is 0. The normalized spacial score (nSPS) is 20.1. The lowest BCUT2D eigenvalue weighted by molar-refractivity contribution is -0.0443. The first-order chi connectivity index (χ1) is 16.6. The molecule has 0 aliphatic carbocycles. The molecule has 0 amide bonds. The van der Waals surface area contributed by atoms with Gasteiger partial charge in [0, 0.05) is 47.4 Å². The zero-order valence-electron chi connectivity index (χ0n) is 20.2. The van der Waals surface area contributed by atoms with Gasteiger partial charge < -0.3 is 33.3 Å². The molecular formula is C24H32N6O4. The number of benzene rings is 1. The molecule has 4 heterocycles. The van der Waals surface area contributed by atoms with E-state index >= 15 is 0 Å². The predicted octanol–water partition coefficient (Wildman–Crippen LogP) is 2.49. The molecular weight excluding hydrogens is 436 g/mol. The van der Waals surface area contributed by atoms with Crippen LogP contribution in [0.15, 0.2) is 24.5 Å². The molecule has 182 valence electrons. The highest BCUT2D eigenvalue weighted by molar-refractivity contribution is 5.85. The summed E-state index contributed by atoms with van der Waals surface area (Å²) in [4.78, 5) is 18.8. The molecule has 0 spiro atoms. The van der Waals surface area contributed by atoms with Crippen LogP contribution < -0.4 is 19.3 Å². The topological polar surface area (TPSA) is 87.0 Å². The molecule has 1 saturated heterocycles. The van der Waals surface area contributed by atoms with Gasteiger partial charge in [-0.05, 0) is 31.0 Å². The summed E-state index contributed by atoms with van der Waals surface area (Å²) >= 11 is 0. The van der Waals surface area contributed by atoms with Gasteiger partial charge in [0.05, 0.1) is 12.4 Å². The minimum atomic E-state index is -0.0342. The maximum Gasteiger partial charge on any atom is 0.229 e. The summed E-state index contributed by atoms with van der Waals surface area (Å²) in [5.74, 6) is 3.05. The molecule has 2 atom stereocenters. The van der Waals surface area contributed by atoms with E-state index in [1.54, 1.807) is 14.2 Å². The Morgan fingerprint density at radius 3 is 2.65 bits per heavy atom. The molecule has 3 aromatic rings. The van der Waals surface area contributed by atoms with Crippen molar-refractivity contribution in [1.82, 2.24) is 19.5 Å². The summed E-state index contributed by atoms with van der Waals surface area (Å²) < 4.78 is 24.8. The van der Waals surface area contributed by atoms with Gasteiger partial charge >= 0.3 is 0 Å². The lowest BCUT2D eigenvalue weighted by Gasteiger charge is -2.37. The zero-order chi connectivity index (χ0) is 23.7. The summed E-state index contributed by atoms with van der Waals surface area (Å²) in [5, 5.41) is 0. The van der Waals surface area contributed by atoms with Crippen molar-refractivity contribution in [2.75, 3.05) is 57.4 Å². The van der Waals surface area contributed by atoms with E-state index in [2.05, 4.69) is 32.3 Å². The molecule has 1 fully saturated rings. The first-order valence-corrected chi connectivity index (χ1v) is 11.7. The Bertz CT molecular complexity index is 1150. The average Bonchev–Trinajstić information content (AvgIpc) is 3.30. The van der Waals surface area contributed by atoms with E-state index in [-0.39, 0.29) is 12.2 Å². The highest BCUT2D eigenvalue weighted by atomic mass is 16.6. The molecule has 34 heavy (non-hydrogen) atoms. The third-order valence-electron chi connectivity index (χ3n) is 6.55. The van der Waals surface area contributed by atoms with Gasteiger partial charge in [-0.25, -0.2) is 4.98 Å². The second kappa shape index (κ2) is 9.63. The number of methoxy groups -OCH3 is 2. The van der Waals surface area contributed by atoms with E-state index < -0.39 is 0 Å². The summed E-state index contributed by atoms with van der Waals surface area (Å²) in [7, 11) is 5.49. The Balaban J connectivity index is 1.47. The van der Waals surface area contributed by atoms with Crippen LogP contribution in [0.4, 0.5) is 11.8 Å². The van der Waals surface area contributed by atoms with E-state index in [4.69, 9.17) is 28.9 Å². The van der Waals surface area contributed by atoms with Crippen LogP contribution in [0.1, 0.15) is 18.9 Å². The van der Waals surface area contributed by atoms with Gasteiger partial charge in [-0.15, -0.1) is 0 Å². The highest BCUT2D eigenvalue weighted by Gasteiger charge is 2.31. The Hall–Kier alpha value is -3.11. The number of nitrogens with zero attached hydrogens (tertiary/aromatic N) is 6. The predicted molar refractivity (Wildman–Crippen MR) is 129 cm³/mol. The molecule has 10 heteroatoms. The number of fused-ring (bicyclic) bond motifs is 2. The Morgan fingerprint density at radius 1 is 1.09 bits per heavy atom. The minimum Gasteiger partial charge on any atom is -0.486 e. The van der Waals surface area contributed by atoms with Crippen LogP contribution in [0, 0.1) is 0 Å². The number of hydrogen-bond acceptors (Lipinski definition) is 9. The summed E-state index contributed by atoms with van der Waals surface area (Å²) in [6, 6.07) is 6.07. The number of aryl methyl sites for hydroxylation is 1. The number of anilines is 2. The third kappa shape index (κ3) is 4.23. The van der Waals surface area contributed by atoms with Crippen LogP contribution in [0.3, 0.4) is 0 Å². The molecule has 2 aliphatic heterocycles. The van der Waals surface area contributed by atoms with E-state index in [0.29, 0.717) is 32.3 Å².